The van der Waals surface area contributed by atoms with Gasteiger partial charge in [0.25, 0.3) is 0 Å². The number of carbonyl (C=O) groups excluding carboxylic acids is 2. The molecule has 1 atom stereocenters. The lowest BCUT2D eigenvalue weighted by molar-refractivity contribution is -0.123. The highest BCUT2D eigenvalue weighted by Gasteiger charge is 2.45. The Labute approximate surface area is 208 Å². The lowest BCUT2D eigenvalue weighted by Crippen LogP contribution is -2.48. The number of urea groups is 1. The molecule has 4 rings (SSSR count). The maximum atomic E-state index is 12.8. The van der Waals surface area contributed by atoms with Crippen LogP contribution < -0.4 is 4.90 Å². The van der Waals surface area contributed by atoms with Gasteiger partial charge in [-0.25, -0.2) is 9.78 Å². The number of imide groups is 1. The number of anilines is 1. The molecule has 0 aromatic carbocycles. The highest BCUT2D eigenvalue weighted by molar-refractivity contribution is 6.77. The van der Waals surface area contributed by atoms with Crippen molar-refractivity contribution in [2.75, 3.05) is 25.1 Å². The second kappa shape index (κ2) is 9.28. The van der Waals surface area contributed by atoms with E-state index in [0.717, 1.165) is 29.0 Å². The number of fused-ring (bicyclic) bond motifs is 1. The van der Waals surface area contributed by atoms with E-state index in [0.29, 0.717) is 40.5 Å². The summed E-state index contributed by atoms with van der Waals surface area (Å²) in [6.45, 7) is 14.0. The Bertz CT molecular complexity index is 1070. The molecule has 2 fully saturated rings. The number of rotatable bonds is 9. The van der Waals surface area contributed by atoms with Gasteiger partial charge < -0.3 is 8.83 Å². The predicted molar refractivity (Wildman–Crippen MR) is 138 cm³/mol. The van der Waals surface area contributed by atoms with Gasteiger partial charge in [-0.15, -0.1) is 11.6 Å². The van der Waals surface area contributed by atoms with Gasteiger partial charge in [-0.2, -0.15) is 0 Å². The molecule has 0 spiro atoms. The molecule has 3 amide bonds. The van der Waals surface area contributed by atoms with Crippen LogP contribution in [0.1, 0.15) is 76.9 Å². The minimum atomic E-state index is -2.05. The number of imidazole rings is 1. The van der Waals surface area contributed by atoms with Gasteiger partial charge in [0.15, 0.2) is 14.0 Å². The fourth-order valence-electron chi connectivity index (χ4n) is 5.70. The summed E-state index contributed by atoms with van der Waals surface area (Å²) in [6, 6.07) is 1.69. The van der Waals surface area contributed by atoms with Crippen LogP contribution in [0.5, 0.6) is 0 Å². The van der Waals surface area contributed by atoms with Crippen LogP contribution in [0.15, 0.2) is 18.5 Å². The molecule has 186 valence electrons. The zero-order valence-electron chi connectivity index (χ0n) is 21.3. The molecule has 1 unspecified atom stereocenters. The van der Waals surface area contributed by atoms with Crippen LogP contribution in [-0.4, -0.2) is 54.7 Å². The number of hydrogen-bond acceptors (Lipinski definition) is 4. The minimum absolute atomic E-state index is 0.0278. The second-order valence-corrected chi connectivity index (χ2v) is 16.7. The summed E-state index contributed by atoms with van der Waals surface area (Å²) in [4.78, 5) is 32.5. The van der Waals surface area contributed by atoms with Crippen molar-refractivity contribution in [1.82, 2.24) is 14.3 Å². The Kier molecular flexibility index (Phi) is 6.88. The monoisotopic (exact) mass is 504 g/mol. The van der Waals surface area contributed by atoms with Crippen LogP contribution in [0.4, 0.5) is 10.5 Å². The van der Waals surface area contributed by atoms with E-state index in [9.17, 15) is 9.59 Å². The smallest absolute Gasteiger partial charge is 0.331 e. The molecule has 0 radical (unpaired) electrons. The molecular weight excluding hydrogens is 468 g/mol. The van der Waals surface area contributed by atoms with Crippen molar-refractivity contribution in [2.24, 2.45) is 0 Å². The van der Waals surface area contributed by atoms with Gasteiger partial charge in [0, 0.05) is 19.4 Å². The summed E-state index contributed by atoms with van der Waals surface area (Å²) in [5.74, 6) is 0.276. The quantitative estimate of drug-likeness (QED) is 0.235. The summed E-state index contributed by atoms with van der Waals surface area (Å²) in [5, 5.41) is -0.404. The summed E-state index contributed by atoms with van der Waals surface area (Å²) < 4.78 is 8.68. The summed E-state index contributed by atoms with van der Waals surface area (Å²) in [6.07, 6.45) is 6.30. The van der Waals surface area contributed by atoms with Crippen LogP contribution in [0, 0.1) is 0 Å². The van der Waals surface area contributed by atoms with E-state index in [4.69, 9.17) is 21.0 Å². The molecule has 0 N–H and O–H groups in total. The summed E-state index contributed by atoms with van der Waals surface area (Å²) in [5.41, 5.74) is 4.61. The molecular formula is C25H37ClN4O3Si. The van der Waals surface area contributed by atoms with E-state index in [1.165, 1.54) is 11.9 Å². The Morgan fingerprint density at radius 1 is 1.09 bits per heavy atom. The lowest BCUT2D eigenvalue weighted by Gasteiger charge is -2.42. The molecule has 1 aliphatic heterocycles. The molecule has 34 heavy (non-hydrogen) atoms. The molecule has 2 aromatic heterocycles. The zero-order valence-corrected chi connectivity index (χ0v) is 23.1. The molecule has 1 saturated heterocycles. The fourth-order valence-corrected chi connectivity index (χ4v) is 11.4. The van der Waals surface area contributed by atoms with E-state index in [-0.39, 0.29) is 18.5 Å². The average molecular weight is 505 g/mol. The van der Waals surface area contributed by atoms with Crippen LogP contribution in [0.3, 0.4) is 0 Å². The van der Waals surface area contributed by atoms with Crippen LogP contribution in [0.25, 0.3) is 5.65 Å². The number of alkyl halides is 1. The molecule has 7 nitrogen and oxygen atoms in total. The molecule has 1 aliphatic carbocycles. The number of likely N-dealkylation sites (N-methyl/N-ethyl adjacent to an activating group) is 1. The molecule has 9 heteroatoms. The molecule has 1 saturated carbocycles. The van der Waals surface area contributed by atoms with Crippen molar-refractivity contribution in [3.8, 4) is 0 Å². The predicted octanol–water partition coefficient (Wildman–Crippen LogP) is 6.08. The summed E-state index contributed by atoms with van der Waals surface area (Å²) >= 11 is 6.88. The van der Waals surface area contributed by atoms with Crippen molar-refractivity contribution in [2.45, 2.75) is 82.3 Å². The van der Waals surface area contributed by atoms with Crippen molar-refractivity contribution >= 4 is 43.2 Å². The minimum Gasteiger partial charge on any atom is -0.414 e. The molecule has 3 heterocycles. The number of amides is 3. The molecule has 2 aliphatic rings. The maximum Gasteiger partial charge on any atom is 0.331 e. The summed E-state index contributed by atoms with van der Waals surface area (Å²) in [7, 11) is -0.531. The first-order valence-electron chi connectivity index (χ1n) is 12.4. The van der Waals surface area contributed by atoms with E-state index in [1.54, 1.807) is 0 Å². The van der Waals surface area contributed by atoms with E-state index < -0.39 is 13.7 Å². The third-order valence-corrected chi connectivity index (χ3v) is 14.0. The van der Waals surface area contributed by atoms with Gasteiger partial charge in [-0.3, -0.25) is 14.6 Å². The van der Waals surface area contributed by atoms with Gasteiger partial charge in [0.05, 0.1) is 23.4 Å². The Morgan fingerprint density at radius 3 is 2.21 bits per heavy atom. The van der Waals surface area contributed by atoms with E-state index in [2.05, 4.69) is 47.7 Å². The second-order valence-electron chi connectivity index (χ2n) is 10.7. The largest absolute Gasteiger partial charge is 0.414 e. The van der Waals surface area contributed by atoms with Crippen LogP contribution in [-0.2, 0) is 9.22 Å². The first-order chi connectivity index (χ1) is 16.0. The SMILES string of the molecule is CC(C)[Si](OCC(Cl)c1cn2cc(C3CC3)cc(N3CC(=O)N(C)C3=O)c2n1)(C(C)C)C(C)C. The standard InChI is InChI=1S/C25H37ClN4O3Si/c1-15(2)34(16(3)4,17(5)6)33-14-20(26)21-12-29-11-19(18-8-9-18)10-22(24(29)27-21)30-13-23(31)28(7)25(30)32/h10-12,15-18,20H,8-9,13-14H2,1-7H3. The molecule has 0 bridgehead atoms. The number of carbonyl (C=O) groups is 2. The lowest BCUT2D eigenvalue weighted by atomic mass is 10.1. The Hall–Kier alpha value is -1.90. The fraction of sp³-hybridized carbons (Fsp3) is 0.640. The third kappa shape index (κ3) is 4.29. The van der Waals surface area contributed by atoms with E-state index >= 15 is 0 Å². The van der Waals surface area contributed by atoms with Crippen molar-refractivity contribution in [3.05, 3.63) is 29.7 Å². The Morgan fingerprint density at radius 2 is 1.71 bits per heavy atom. The van der Waals surface area contributed by atoms with Crippen molar-refractivity contribution in [1.29, 1.82) is 0 Å². The van der Waals surface area contributed by atoms with E-state index in [1.807, 2.05) is 16.7 Å². The number of aromatic nitrogens is 2. The van der Waals surface area contributed by atoms with Crippen molar-refractivity contribution < 1.29 is 14.0 Å². The van der Waals surface area contributed by atoms with Gasteiger partial charge in [0.1, 0.15) is 6.54 Å². The highest BCUT2D eigenvalue weighted by Crippen LogP contribution is 2.44. The van der Waals surface area contributed by atoms with Crippen LogP contribution >= 0.6 is 11.6 Å². The number of halogens is 1. The normalized spacial score (nSPS) is 18.4. The highest BCUT2D eigenvalue weighted by atomic mass is 35.5. The molecule has 2 aromatic rings. The van der Waals surface area contributed by atoms with Crippen molar-refractivity contribution in [3.63, 3.8) is 0 Å². The zero-order chi connectivity index (χ0) is 24.9. The van der Waals surface area contributed by atoms with Gasteiger partial charge in [0.2, 0.25) is 5.91 Å². The number of nitrogens with zero attached hydrogens (tertiary/aromatic N) is 4. The average Bonchev–Trinajstić information content (AvgIpc) is 3.48. The van der Waals surface area contributed by atoms with Gasteiger partial charge >= 0.3 is 6.03 Å². The first-order valence-corrected chi connectivity index (χ1v) is 14.9. The first kappa shape index (κ1) is 25.2. The third-order valence-electron chi connectivity index (χ3n) is 7.60. The number of hydrogen-bond donors (Lipinski definition) is 0. The topological polar surface area (TPSA) is 67.2 Å². The maximum absolute atomic E-state index is 12.8. The Balaban J connectivity index is 1.67. The van der Waals surface area contributed by atoms with Gasteiger partial charge in [-0.05, 0) is 47.0 Å². The van der Waals surface area contributed by atoms with Gasteiger partial charge in [-0.1, -0.05) is 41.5 Å². The van der Waals surface area contributed by atoms with Crippen LogP contribution in [0.2, 0.25) is 16.6 Å². The number of pyridine rings is 1.